The van der Waals surface area contributed by atoms with Gasteiger partial charge < -0.3 is 14.7 Å². The zero-order valence-electron chi connectivity index (χ0n) is 9.93. The second kappa shape index (κ2) is 6.70. The molecule has 1 aromatic rings. The third-order valence-corrected chi connectivity index (χ3v) is 2.34. The monoisotopic (exact) mass is 235 g/mol. The highest BCUT2D eigenvalue weighted by atomic mass is 16.5. The first-order chi connectivity index (χ1) is 8.22. The van der Waals surface area contributed by atoms with Crippen molar-refractivity contribution in [1.29, 1.82) is 0 Å². The molecule has 0 aliphatic rings. The Morgan fingerprint density at radius 3 is 2.59 bits per heavy atom. The van der Waals surface area contributed by atoms with Crippen molar-refractivity contribution >= 4 is 5.91 Å². The molecule has 0 saturated heterocycles. The number of rotatable bonds is 6. The van der Waals surface area contributed by atoms with Crippen molar-refractivity contribution < 1.29 is 14.6 Å². The number of amides is 1. The van der Waals surface area contributed by atoms with Gasteiger partial charge in [0.2, 0.25) is 0 Å². The quantitative estimate of drug-likeness (QED) is 0.756. The Morgan fingerprint density at radius 1 is 1.47 bits per heavy atom. The van der Waals surface area contributed by atoms with Gasteiger partial charge in [0.15, 0.2) is 0 Å². The van der Waals surface area contributed by atoms with Crippen LogP contribution in [0.5, 0.6) is 5.75 Å². The summed E-state index contributed by atoms with van der Waals surface area (Å²) in [5.41, 5.74) is 0.570. The largest absolute Gasteiger partial charge is 0.497 e. The van der Waals surface area contributed by atoms with Crippen LogP contribution in [0.3, 0.4) is 0 Å². The van der Waals surface area contributed by atoms with Crippen LogP contribution in [0.1, 0.15) is 10.4 Å². The summed E-state index contributed by atoms with van der Waals surface area (Å²) in [6.45, 7) is 4.26. The Balaban J connectivity index is 2.80. The number of nitrogens with zero attached hydrogens (tertiary/aromatic N) is 1. The third-order valence-electron chi connectivity index (χ3n) is 2.34. The van der Waals surface area contributed by atoms with E-state index < -0.39 is 0 Å². The van der Waals surface area contributed by atoms with Crippen molar-refractivity contribution in [3.05, 3.63) is 42.5 Å². The van der Waals surface area contributed by atoms with Crippen LogP contribution in [0.15, 0.2) is 36.9 Å². The lowest BCUT2D eigenvalue weighted by molar-refractivity contribution is 0.0743. The lowest BCUT2D eigenvalue weighted by Gasteiger charge is -2.20. The van der Waals surface area contributed by atoms with Crippen LogP contribution in [0.4, 0.5) is 0 Å². The number of carbonyl (C=O) groups is 1. The molecule has 0 radical (unpaired) electrons. The van der Waals surface area contributed by atoms with Gasteiger partial charge in [-0.25, -0.2) is 0 Å². The van der Waals surface area contributed by atoms with Gasteiger partial charge in [-0.1, -0.05) is 6.08 Å². The summed E-state index contributed by atoms with van der Waals surface area (Å²) in [5, 5.41) is 8.89. The molecule has 0 bridgehead atoms. The number of aliphatic hydroxyl groups is 1. The fourth-order valence-corrected chi connectivity index (χ4v) is 1.47. The van der Waals surface area contributed by atoms with Gasteiger partial charge in [-0.2, -0.15) is 0 Å². The lowest BCUT2D eigenvalue weighted by Crippen LogP contribution is -2.33. The molecule has 0 aliphatic heterocycles. The van der Waals surface area contributed by atoms with Gasteiger partial charge in [-0.3, -0.25) is 4.79 Å². The average molecular weight is 235 g/mol. The second-order valence-electron chi connectivity index (χ2n) is 3.49. The summed E-state index contributed by atoms with van der Waals surface area (Å²) in [6, 6.07) is 6.87. The fourth-order valence-electron chi connectivity index (χ4n) is 1.47. The molecule has 1 rings (SSSR count). The first-order valence-corrected chi connectivity index (χ1v) is 5.38. The van der Waals surface area contributed by atoms with E-state index in [1.807, 2.05) is 0 Å². The molecular weight excluding hydrogens is 218 g/mol. The molecule has 0 aliphatic carbocycles. The predicted octanol–water partition coefficient (Wildman–Crippen LogP) is 1.32. The highest BCUT2D eigenvalue weighted by Gasteiger charge is 2.13. The van der Waals surface area contributed by atoms with E-state index in [1.165, 1.54) is 4.90 Å². The summed E-state index contributed by atoms with van der Waals surface area (Å²) >= 11 is 0. The van der Waals surface area contributed by atoms with E-state index in [4.69, 9.17) is 9.84 Å². The summed E-state index contributed by atoms with van der Waals surface area (Å²) < 4.78 is 5.02. The van der Waals surface area contributed by atoms with Crippen molar-refractivity contribution in [3.63, 3.8) is 0 Å². The van der Waals surface area contributed by atoms with E-state index in [2.05, 4.69) is 6.58 Å². The molecule has 4 heteroatoms. The Bertz CT molecular complexity index is 373. The van der Waals surface area contributed by atoms with E-state index in [0.29, 0.717) is 24.4 Å². The summed E-state index contributed by atoms with van der Waals surface area (Å²) in [7, 11) is 1.58. The number of aliphatic hydroxyl groups excluding tert-OH is 1. The molecule has 1 N–H and O–H groups in total. The van der Waals surface area contributed by atoms with Crippen molar-refractivity contribution in [1.82, 2.24) is 4.90 Å². The number of hydrogen-bond donors (Lipinski definition) is 1. The zero-order valence-corrected chi connectivity index (χ0v) is 9.93. The smallest absolute Gasteiger partial charge is 0.254 e. The Labute approximate surface area is 101 Å². The van der Waals surface area contributed by atoms with Crippen LogP contribution in [-0.2, 0) is 0 Å². The molecule has 1 aromatic carbocycles. The molecular formula is C13H17NO3. The number of benzene rings is 1. The van der Waals surface area contributed by atoms with Crippen LogP contribution in [0.25, 0.3) is 0 Å². The normalized spacial score (nSPS) is 9.76. The van der Waals surface area contributed by atoms with Crippen LogP contribution in [0, 0.1) is 0 Å². The maximum atomic E-state index is 12.1. The van der Waals surface area contributed by atoms with E-state index in [-0.39, 0.29) is 12.5 Å². The molecule has 0 spiro atoms. The maximum absolute atomic E-state index is 12.1. The number of carbonyl (C=O) groups excluding carboxylic acids is 1. The van der Waals surface area contributed by atoms with Gasteiger partial charge in [0.1, 0.15) is 5.75 Å². The molecule has 0 aromatic heterocycles. The minimum absolute atomic E-state index is 0.0598. The fraction of sp³-hybridized carbons (Fsp3) is 0.308. The molecule has 4 nitrogen and oxygen atoms in total. The van der Waals surface area contributed by atoms with Crippen molar-refractivity contribution in [2.24, 2.45) is 0 Å². The van der Waals surface area contributed by atoms with Gasteiger partial charge in [-0.05, 0) is 24.3 Å². The topological polar surface area (TPSA) is 49.8 Å². The van der Waals surface area contributed by atoms with E-state index >= 15 is 0 Å². The summed E-state index contributed by atoms with van der Waals surface area (Å²) in [5.74, 6) is 0.584. The predicted molar refractivity (Wildman–Crippen MR) is 66.2 cm³/mol. The van der Waals surface area contributed by atoms with E-state index in [9.17, 15) is 4.79 Å². The van der Waals surface area contributed by atoms with Gasteiger partial charge in [0.05, 0.1) is 13.7 Å². The molecule has 0 fully saturated rings. The number of methoxy groups -OCH3 is 1. The average Bonchev–Trinajstić information content (AvgIpc) is 2.38. The van der Waals surface area contributed by atoms with Crippen LogP contribution < -0.4 is 4.74 Å². The van der Waals surface area contributed by atoms with Gasteiger partial charge in [0.25, 0.3) is 5.91 Å². The molecule has 0 saturated carbocycles. The lowest BCUT2D eigenvalue weighted by atomic mass is 10.2. The number of hydrogen-bond acceptors (Lipinski definition) is 3. The van der Waals surface area contributed by atoms with Gasteiger partial charge in [0, 0.05) is 18.7 Å². The molecule has 17 heavy (non-hydrogen) atoms. The standard InChI is InChI=1S/C13H17NO3/c1-3-8-14(9-10-15)13(16)11-4-6-12(17-2)7-5-11/h3-7,15H,1,8-10H2,2H3. The highest BCUT2D eigenvalue weighted by Crippen LogP contribution is 2.13. The van der Waals surface area contributed by atoms with Gasteiger partial charge in [-0.15, -0.1) is 6.58 Å². The highest BCUT2D eigenvalue weighted by molar-refractivity contribution is 5.94. The molecule has 0 atom stereocenters. The molecule has 0 unspecified atom stereocenters. The molecule has 92 valence electrons. The van der Waals surface area contributed by atoms with Crippen molar-refractivity contribution in [2.45, 2.75) is 0 Å². The van der Waals surface area contributed by atoms with Crippen molar-refractivity contribution in [2.75, 3.05) is 26.8 Å². The third kappa shape index (κ3) is 3.60. The van der Waals surface area contributed by atoms with E-state index in [0.717, 1.165) is 0 Å². The van der Waals surface area contributed by atoms with E-state index in [1.54, 1.807) is 37.5 Å². The minimum atomic E-state index is -0.124. The Morgan fingerprint density at radius 2 is 2.12 bits per heavy atom. The van der Waals surface area contributed by atoms with Crippen molar-refractivity contribution in [3.8, 4) is 5.75 Å². The minimum Gasteiger partial charge on any atom is -0.497 e. The summed E-state index contributed by atoms with van der Waals surface area (Å²) in [6.07, 6.45) is 1.64. The summed E-state index contributed by atoms with van der Waals surface area (Å²) in [4.78, 5) is 13.6. The maximum Gasteiger partial charge on any atom is 0.254 e. The molecule has 1 amide bonds. The Kier molecular flexibility index (Phi) is 5.23. The van der Waals surface area contributed by atoms with Crippen LogP contribution >= 0.6 is 0 Å². The van der Waals surface area contributed by atoms with Gasteiger partial charge >= 0.3 is 0 Å². The zero-order chi connectivity index (χ0) is 12.7. The first kappa shape index (κ1) is 13.3. The second-order valence-corrected chi connectivity index (χ2v) is 3.49. The van der Waals surface area contributed by atoms with Crippen LogP contribution in [0.2, 0.25) is 0 Å². The van der Waals surface area contributed by atoms with Crippen LogP contribution in [-0.4, -0.2) is 42.7 Å². The Hall–Kier alpha value is -1.81. The molecule has 0 heterocycles. The SMILES string of the molecule is C=CCN(CCO)C(=O)c1ccc(OC)cc1. The first-order valence-electron chi connectivity index (χ1n) is 5.38. The number of ether oxygens (including phenoxy) is 1.